The van der Waals surface area contributed by atoms with Crippen molar-refractivity contribution in [3.63, 3.8) is 0 Å². The number of nitrogens with zero attached hydrogens (tertiary/aromatic N) is 2. The summed E-state index contributed by atoms with van der Waals surface area (Å²) in [5.74, 6) is -3.47. The molecule has 3 aromatic rings. The van der Waals surface area contributed by atoms with Crippen molar-refractivity contribution in [3.05, 3.63) is 77.9 Å². The molecule has 0 atom stereocenters. The summed E-state index contributed by atoms with van der Waals surface area (Å²) >= 11 is 0. The van der Waals surface area contributed by atoms with E-state index in [0.717, 1.165) is 20.6 Å². The Balaban J connectivity index is 1.87. The first-order valence-corrected chi connectivity index (χ1v) is 11.5. The quantitative estimate of drug-likeness (QED) is 0.382. The summed E-state index contributed by atoms with van der Waals surface area (Å²) in [7, 11) is -0.716. The number of rotatable bonds is 9. The highest BCUT2D eigenvalue weighted by Crippen LogP contribution is 2.20. The van der Waals surface area contributed by atoms with Crippen LogP contribution >= 0.6 is 0 Å². The van der Waals surface area contributed by atoms with E-state index in [1.807, 2.05) is 42.5 Å². The van der Waals surface area contributed by atoms with E-state index in [4.69, 9.17) is 5.11 Å². The second-order valence-corrected chi connectivity index (χ2v) is 9.92. The van der Waals surface area contributed by atoms with Crippen molar-refractivity contribution < 1.29 is 27.9 Å². The van der Waals surface area contributed by atoms with E-state index in [-0.39, 0.29) is 18.0 Å². The van der Waals surface area contributed by atoms with Crippen LogP contribution in [-0.4, -0.2) is 54.5 Å². The number of carboxylic acid groups (broad SMARTS) is 1. The molecule has 0 unspecified atom stereocenters. The molecular formula is C24H24N2O6S. The van der Waals surface area contributed by atoms with Crippen molar-refractivity contribution in [1.29, 1.82) is 0 Å². The maximum atomic E-state index is 12.8. The summed E-state index contributed by atoms with van der Waals surface area (Å²) in [6.07, 6.45) is -0.754. The van der Waals surface area contributed by atoms with Crippen LogP contribution in [-0.2, 0) is 37.5 Å². The second kappa shape index (κ2) is 9.93. The van der Waals surface area contributed by atoms with Crippen molar-refractivity contribution in [2.75, 3.05) is 14.1 Å². The number of Topliss-reactive ketones (excluding diaryl/α,β-unsaturated/α-hetero) is 1. The van der Waals surface area contributed by atoms with Gasteiger partial charge in [0.15, 0.2) is 0 Å². The van der Waals surface area contributed by atoms with Crippen LogP contribution in [0.2, 0.25) is 0 Å². The van der Waals surface area contributed by atoms with Gasteiger partial charge in [-0.1, -0.05) is 48.5 Å². The Morgan fingerprint density at radius 2 is 1.39 bits per heavy atom. The maximum Gasteiger partial charge on any atom is 0.372 e. The van der Waals surface area contributed by atoms with Crippen molar-refractivity contribution in [1.82, 2.24) is 9.21 Å². The largest absolute Gasteiger partial charge is 0.475 e. The van der Waals surface area contributed by atoms with Crippen LogP contribution in [0.15, 0.2) is 71.6 Å². The van der Waals surface area contributed by atoms with Crippen LogP contribution in [0, 0.1) is 0 Å². The number of amides is 1. The van der Waals surface area contributed by atoms with Gasteiger partial charge in [0.2, 0.25) is 21.7 Å². The van der Waals surface area contributed by atoms with Gasteiger partial charge >= 0.3 is 5.97 Å². The van der Waals surface area contributed by atoms with Crippen LogP contribution in [0.3, 0.4) is 0 Å². The highest BCUT2D eigenvalue weighted by Gasteiger charge is 2.23. The van der Waals surface area contributed by atoms with E-state index in [2.05, 4.69) is 0 Å². The Bertz CT molecular complexity index is 1300. The molecule has 0 bridgehead atoms. The van der Waals surface area contributed by atoms with Crippen molar-refractivity contribution >= 4 is 38.5 Å². The first-order chi connectivity index (χ1) is 15.6. The summed E-state index contributed by atoms with van der Waals surface area (Å²) in [6, 6.07) is 19.6. The topological polar surface area (TPSA) is 112 Å². The summed E-state index contributed by atoms with van der Waals surface area (Å²) in [6.45, 7) is 0.245. The second-order valence-electron chi connectivity index (χ2n) is 7.77. The SMILES string of the molecule is CN(C)S(=O)(=O)c1ccc(CN(Cc2ccc3ccccc3c2)C(=O)CC(=O)C(=O)O)cc1. The average Bonchev–Trinajstić information content (AvgIpc) is 2.78. The molecule has 8 nitrogen and oxygen atoms in total. The number of fused-ring (bicyclic) bond motifs is 1. The van der Waals surface area contributed by atoms with Gasteiger partial charge in [-0.15, -0.1) is 0 Å². The third-order valence-electron chi connectivity index (χ3n) is 5.17. The lowest BCUT2D eigenvalue weighted by Crippen LogP contribution is -2.33. The predicted molar refractivity (Wildman–Crippen MR) is 123 cm³/mol. The molecule has 3 rings (SSSR count). The van der Waals surface area contributed by atoms with E-state index < -0.39 is 34.1 Å². The number of hydrogen-bond acceptors (Lipinski definition) is 5. The Kier molecular flexibility index (Phi) is 7.25. The van der Waals surface area contributed by atoms with Crippen molar-refractivity contribution in [3.8, 4) is 0 Å². The van der Waals surface area contributed by atoms with Gasteiger partial charge in [-0.05, 0) is 40.1 Å². The number of hydrogen-bond donors (Lipinski definition) is 1. The van der Waals surface area contributed by atoms with Crippen LogP contribution in [0.5, 0.6) is 0 Å². The number of benzene rings is 3. The van der Waals surface area contributed by atoms with Gasteiger partial charge in [-0.3, -0.25) is 9.59 Å². The molecule has 0 saturated heterocycles. The highest BCUT2D eigenvalue weighted by atomic mass is 32.2. The van der Waals surface area contributed by atoms with Crippen LogP contribution in [0.25, 0.3) is 10.8 Å². The zero-order chi connectivity index (χ0) is 24.2. The number of sulfonamides is 1. The molecule has 0 aliphatic rings. The van der Waals surface area contributed by atoms with Crippen LogP contribution in [0.1, 0.15) is 17.5 Å². The third kappa shape index (κ3) is 5.82. The minimum Gasteiger partial charge on any atom is -0.475 e. The van der Waals surface area contributed by atoms with Gasteiger partial charge in [-0.25, -0.2) is 17.5 Å². The Hall–Kier alpha value is -3.56. The molecule has 0 spiro atoms. The number of carboxylic acids is 1. The summed E-state index contributed by atoms with van der Waals surface area (Å²) in [4.78, 5) is 36.9. The number of carbonyl (C=O) groups is 3. The van der Waals surface area contributed by atoms with Gasteiger partial charge in [-0.2, -0.15) is 0 Å². The number of ketones is 1. The molecule has 0 aliphatic carbocycles. The smallest absolute Gasteiger partial charge is 0.372 e. The Morgan fingerprint density at radius 1 is 0.818 bits per heavy atom. The van der Waals surface area contributed by atoms with Crippen molar-refractivity contribution in [2.45, 2.75) is 24.4 Å². The normalized spacial score (nSPS) is 11.5. The minimum absolute atomic E-state index is 0.0842. The lowest BCUT2D eigenvalue weighted by Gasteiger charge is -2.23. The predicted octanol–water partition coefficient (Wildman–Crippen LogP) is 2.66. The number of aliphatic carboxylic acids is 1. The molecule has 9 heteroatoms. The molecule has 0 radical (unpaired) electrons. The van der Waals surface area contributed by atoms with Crippen LogP contribution in [0.4, 0.5) is 0 Å². The Labute approximate surface area is 192 Å². The van der Waals surface area contributed by atoms with Gasteiger partial charge < -0.3 is 10.0 Å². The van der Waals surface area contributed by atoms with E-state index in [9.17, 15) is 22.8 Å². The molecule has 172 valence electrons. The summed E-state index contributed by atoms with van der Waals surface area (Å²) in [5.41, 5.74) is 1.46. The van der Waals surface area contributed by atoms with Gasteiger partial charge in [0.25, 0.3) is 0 Å². The molecule has 0 saturated carbocycles. The van der Waals surface area contributed by atoms with E-state index in [1.165, 1.54) is 31.1 Å². The standard InChI is InChI=1S/C24H24N2O6S/c1-25(2)33(31,32)21-11-8-17(9-12-21)15-26(23(28)14-22(27)24(29)30)16-18-7-10-19-5-3-4-6-20(19)13-18/h3-13H,14-16H2,1-2H3,(H,29,30). The van der Waals surface area contributed by atoms with E-state index >= 15 is 0 Å². The summed E-state index contributed by atoms with van der Waals surface area (Å²) < 4.78 is 25.7. The molecule has 0 fully saturated rings. The molecular weight excluding hydrogens is 444 g/mol. The molecule has 0 aliphatic heterocycles. The maximum absolute atomic E-state index is 12.8. The molecule has 1 N–H and O–H groups in total. The Morgan fingerprint density at radius 3 is 2.00 bits per heavy atom. The monoisotopic (exact) mass is 468 g/mol. The third-order valence-corrected chi connectivity index (χ3v) is 7.00. The fraction of sp³-hybridized carbons (Fsp3) is 0.208. The zero-order valence-electron chi connectivity index (χ0n) is 18.3. The fourth-order valence-electron chi connectivity index (χ4n) is 3.31. The van der Waals surface area contributed by atoms with E-state index in [1.54, 1.807) is 12.1 Å². The molecule has 0 aromatic heterocycles. The first-order valence-electron chi connectivity index (χ1n) is 10.1. The van der Waals surface area contributed by atoms with E-state index in [0.29, 0.717) is 5.56 Å². The van der Waals surface area contributed by atoms with Gasteiger partial charge in [0, 0.05) is 27.2 Å². The van der Waals surface area contributed by atoms with Crippen molar-refractivity contribution in [2.24, 2.45) is 0 Å². The van der Waals surface area contributed by atoms with Gasteiger partial charge in [0.1, 0.15) is 0 Å². The first kappa shape index (κ1) is 24.1. The van der Waals surface area contributed by atoms with Crippen LogP contribution < -0.4 is 0 Å². The zero-order valence-corrected chi connectivity index (χ0v) is 19.1. The fourth-order valence-corrected chi connectivity index (χ4v) is 4.21. The molecule has 33 heavy (non-hydrogen) atoms. The lowest BCUT2D eigenvalue weighted by molar-refractivity contribution is -0.151. The highest BCUT2D eigenvalue weighted by molar-refractivity contribution is 7.89. The van der Waals surface area contributed by atoms with Gasteiger partial charge in [0.05, 0.1) is 11.3 Å². The summed E-state index contributed by atoms with van der Waals surface area (Å²) in [5, 5.41) is 10.9. The lowest BCUT2D eigenvalue weighted by atomic mass is 10.1. The average molecular weight is 469 g/mol. The number of carbonyl (C=O) groups excluding carboxylic acids is 2. The molecule has 0 heterocycles. The molecule has 3 aromatic carbocycles. The minimum atomic E-state index is -3.59. The molecule has 1 amide bonds.